The number of H-pyrrole nitrogens is 1. The molecule has 0 radical (unpaired) electrons. The van der Waals surface area contributed by atoms with Crippen molar-refractivity contribution in [1.29, 1.82) is 0 Å². The number of nitrogens with one attached hydrogen (secondary N) is 1. The fourth-order valence-electron chi connectivity index (χ4n) is 8.78. The van der Waals surface area contributed by atoms with Crippen LogP contribution in [0, 0.1) is 5.82 Å². The number of anilines is 1. The van der Waals surface area contributed by atoms with Gasteiger partial charge in [-0.25, -0.2) is 35.8 Å². The average molecular weight is 1010 g/mol. The second kappa shape index (κ2) is 20.5. The maximum Gasteiger partial charge on any atom is 0.330 e. The highest BCUT2D eigenvalue weighted by Gasteiger charge is 2.28. The van der Waals surface area contributed by atoms with E-state index < -0.39 is 54.7 Å². The van der Waals surface area contributed by atoms with Crippen LogP contribution < -0.4 is 35.2 Å². The van der Waals surface area contributed by atoms with Crippen molar-refractivity contribution >= 4 is 47.6 Å². The molecule has 0 unspecified atom stereocenters. The topological polar surface area (TPSA) is 199 Å². The molecule has 372 valence electrons. The number of hydrogen-bond acceptors (Lipinski definition) is 13. The summed E-state index contributed by atoms with van der Waals surface area (Å²) in [6, 6.07) is 26.7. The predicted octanol–water partition coefficient (Wildman–Crippen LogP) is 6.46. The van der Waals surface area contributed by atoms with Crippen molar-refractivity contribution in [3.63, 3.8) is 0 Å². The molecule has 0 fully saturated rings. The Balaban J connectivity index is 1.07. The summed E-state index contributed by atoms with van der Waals surface area (Å²) >= 11 is 0. The molecule has 17 nitrogen and oxygen atoms in total. The summed E-state index contributed by atoms with van der Waals surface area (Å²) in [7, 11) is -0.605. The van der Waals surface area contributed by atoms with Crippen LogP contribution in [0.1, 0.15) is 41.4 Å². The molecule has 2 atom stereocenters. The molecule has 5 aromatic carbocycles. The number of aromatic nitrogens is 6. The standard InChI is InChI=1S/C51H54FN7O10S2/c1-8-68-46-26-32(18-21-44(46)66-4)42(30-70(6,62)63)58-39-20-17-34(25-38(39)55-50(58)60)48-49(56(2)3)54-36(28-53-48)23-24-69-47-27-33(19-22-45(47)67-5)43(31-71(7,64)65)59-41-16-12-11-15-40(41)57(51(59)61)29-35-13-9-10-14-37(35)52/h9-22,25-28,42-43H,8,23-24,29-31H2,1-7H3,(H,55,60)/t42-,43-/m1/s1. The molecule has 3 heterocycles. The van der Waals surface area contributed by atoms with Gasteiger partial charge in [0.25, 0.3) is 0 Å². The van der Waals surface area contributed by atoms with Crippen LogP contribution in [0.4, 0.5) is 10.2 Å². The van der Waals surface area contributed by atoms with Gasteiger partial charge < -0.3 is 28.8 Å². The predicted molar refractivity (Wildman–Crippen MR) is 272 cm³/mol. The van der Waals surface area contributed by atoms with Crippen molar-refractivity contribution < 1.29 is 40.2 Å². The second-order valence-electron chi connectivity index (χ2n) is 17.3. The lowest BCUT2D eigenvalue weighted by atomic mass is 10.1. The first-order chi connectivity index (χ1) is 33.9. The molecule has 71 heavy (non-hydrogen) atoms. The third-order valence-electron chi connectivity index (χ3n) is 12.0. The summed E-state index contributed by atoms with van der Waals surface area (Å²) in [6.45, 7) is 2.22. The number of halogens is 1. The molecule has 20 heteroatoms. The third kappa shape index (κ3) is 10.8. The molecule has 8 rings (SSSR count). The Morgan fingerprint density at radius 2 is 1.32 bits per heavy atom. The minimum Gasteiger partial charge on any atom is -0.493 e. The van der Waals surface area contributed by atoms with Gasteiger partial charge in [-0.1, -0.05) is 48.5 Å². The summed E-state index contributed by atoms with van der Waals surface area (Å²) < 4.78 is 94.1. The number of aromatic amines is 1. The lowest BCUT2D eigenvalue weighted by Crippen LogP contribution is -2.32. The van der Waals surface area contributed by atoms with Crippen LogP contribution in [-0.2, 0) is 32.6 Å². The number of methoxy groups -OCH3 is 2. The van der Waals surface area contributed by atoms with Crippen LogP contribution in [-0.4, -0.2) is 111 Å². The fourth-order valence-corrected chi connectivity index (χ4v) is 10.6. The zero-order valence-electron chi connectivity index (χ0n) is 40.2. The zero-order chi connectivity index (χ0) is 50.8. The Morgan fingerprint density at radius 1 is 0.718 bits per heavy atom. The van der Waals surface area contributed by atoms with E-state index in [2.05, 4.69) is 4.98 Å². The number of imidazole rings is 2. The van der Waals surface area contributed by atoms with Gasteiger partial charge >= 0.3 is 11.4 Å². The molecule has 0 amide bonds. The average Bonchev–Trinajstić information content (AvgIpc) is 3.81. The molecule has 0 aliphatic rings. The molecule has 1 N–H and O–H groups in total. The van der Waals surface area contributed by atoms with Gasteiger partial charge in [0, 0.05) is 50.4 Å². The summed E-state index contributed by atoms with van der Waals surface area (Å²) in [4.78, 5) is 42.6. The van der Waals surface area contributed by atoms with E-state index in [0.29, 0.717) is 97.6 Å². The second-order valence-corrected chi connectivity index (χ2v) is 21.7. The van der Waals surface area contributed by atoms with E-state index in [-0.39, 0.29) is 18.9 Å². The lowest BCUT2D eigenvalue weighted by Gasteiger charge is -2.21. The highest BCUT2D eigenvalue weighted by molar-refractivity contribution is 7.90. The van der Waals surface area contributed by atoms with Crippen molar-refractivity contribution in [2.45, 2.75) is 32.0 Å². The maximum absolute atomic E-state index is 14.9. The van der Waals surface area contributed by atoms with E-state index in [4.69, 9.17) is 28.9 Å². The molecule has 0 aliphatic carbocycles. The Labute approximate surface area is 409 Å². The van der Waals surface area contributed by atoms with Gasteiger partial charge in [0.2, 0.25) is 0 Å². The maximum atomic E-state index is 14.9. The smallest absolute Gasteiger partial charge is 0.330 e. The van der Waals surface area contributed by atoms with Gasteiger partial charge in [-0.3, -0.25) is 18.7 Å². The number of hydrogen-bond donors (Lipinski definition) is 1. The summed E-state index contributed by atoms with van der Waals surface area (Å²) in [6.07, 6.45) is 4.16. The van der Waals surface area contributed by atoms with E-state index in [0.717, 1.165) is 12.5 Å². The van der Waals surface area contributed by atoms with E-state index in [1.165, 1.54) is 34.0 Å². The number of nitrogens with zero attached hydrogens (tertiary/aromatic N) is 6. The first kappa shape index (κ1) is 50.0. The Bertz CT molecular complexity index is 3620. The third-order valence-corrected chi connectivity index (χ3v) is 13.8. The SMILES string of the molecule is CCOc1cc([C@@H](CS(C)(=O)=O)n2c(=O)[nH]c3cc(-c4ncc(CCOc5cc([C@@H](CS(C)(=O)=O)n6c(=O)n(Cc7ccccc7F)c7ccccc76)ccc5OC)nc4N(C)C)ccc32)ccc1OC. The van der Waals surface area contributed by atoms with E-state index in [1.54, 1.807) is 103 Å². The van der Waals surface area contributed by atoms with Crippen molar-refractivity contribution in [1.82, 2.24) is 28.7 Å². The number of benzene rings is 5. The Hall–Kier alpha value is -7.45. The van der Waals surface area contributed by atoms with Gasteiger partial charge in [-0.2, -0.15) is 0 Å². The quantitative estimate of drug-likeness (QED) is 0.0874. The minimum absolute atomic E-state index is 0.0661. The van der Waals surface area contributed by atoms with Gasteiger partial charge in [0.05, 0.1) is 85.3 Å². The number of para-hydroxylation sites is 2. The Kier molecular flexibility index (Phi) is 14.4. The Morgan fingerprint density at radius 3 is 1.93 bits per heavy atom. The minimum atomic E-state index is -3.68. The lowest BCUT2D eigenvalue weighted by molar-refractivity contribution is 0.296. The van der Waals surface area contributed by atoms with Crippen LogP contribution in [0.15, 0.2) is 119 Å². The molecular weight excluding hydrogens is 954 g/mol. The number of ether oxygens (including phenoxy) is 4. The first-order valence-electron chi connectivity index (χ1n) is 22.6. The van der Waals surface area contributed by atoms with Crippen molar-refractivity contribution in [2.75, 3.05) is 70.4 Å². The van der Waals surface area contributed by atoms with Crippen LogP contribution in [0.5, 0.6) is 23.0 Å². The number of fused-ring (bicyclic) bond motifs is 2. The van der Waals surface area contributed by atoms with Gasteiger partial charge in [-0.05, 0) is 72.6 Å². The molecule has 0 saturated carbocycles. The number of rotatable bonds is 20. The van der Waals surface area contributed by atoms with Crippen LogP contribution in [0.3, 0.4) is 0 Å². The van der Waals surface area contributed by atoms with Gasteiger partial charge in [0.1, 0.15) is 31.2 Å². The molecule has 8 aromatic rings. The van der Waals surface area contributed by atoms with E-state index >= 15 is 0 Å². The highest BCUT2D eigenvalue weighted by Crippen LogP contribution is 2.36. The van der Waals surface area contributed by atoms with Gasteiger partial charge in [-0.15, -0.1) is 0 Å². The molecule has 0 bridgehead atoms. The van der Waals surface area contributed by atoms with E-state index in [1.807, 2.05) is 25.9 Å². The summed E-state index contributed by atoms with van der Waals surface area (Å²) in [5, 5.41) is 0. The number of sulfone groups is 2. The zero-order valence-corrected chi connectivity index (χ0v) is 41.9. The summed E-state index contributed by atoms with van der Waals surface area (Å²) in [5.74, 6) is 0.873. The largest absolute Gasteiger partial charge is 0.493 e. The highest BCUT2D eigenvalue weighted by atomic mass is 32.2. The van der Waals surface area contributed by atoms with Crippen LogP contribution >= 0.6 is 0 Å². The van der Waals surface area contributed by atoms with Crippen molar-refractivity contribution in [3.05, 3.63) is 158 Å². The molecule has 0 saturated heterocycles. The molecule has 0 spiro atoms. The normalized spacial score (nSPS) is 12.8. The fraction of sp³-hybridized carbons (Fsp3) is 0.294. The van der Waals surface area contributed by atoms with Gasteiger partial charge in [0.15, 0.2) is 28.8 Å². The monoisotopic (exact) mass is 1010 g/mol. The molecular formula is C51H54FN7O10S2. The van der Waals surface area contributed by atoms with Crippen LogP contribution in [0.25, 0.3) is 33.3 Å². The van der Waals surface area contributed by atoms with Crippen LogP contribution in [0.2, 0.25) is 0 Å². The van der Waals surface area contributed by atoms with Crippen molar-refractivity contribution in [2.24, 2.45) is 0 Å². The summed E-state index contributed by atoms with van der Waals surface area (Å²) in [5.41, 5.74) is 4.01. The molecule has 0 aliphatic heterocycles. The van der Waals surface area contributed by atoms with E-state index in [9.17, 15) is 30.8 Å². The van der Waals surface area contributed by atoms with Crippen molar-refractivity contribution in [3.8, 4) is 34.3 Å². The molecule has 3 aromatic heterocycles. The first-order valence-corrected chi connectivity index (χ1v) is 26.7.